The van der Waals surface area contributed by atoms with Gasteiger partial charge in [0.15, 0.2) is 6.29 Å². The van der Waals surface area contributed by atoms with Crippen molar-refractivity contribution in [3.8, 4) is 0 Å². The molecule has 0 aromatic carbocycles. The van der Waals surface area contributed by atoms with Gasteiger partial charge in [0.05, 0.1) is 0 Å². The molecular weight excluding hydrogens is 632 g/mol. The Kier molecular flexibility index (Phi) is 34.1. The summed E-state index contributed by atoms with van der Waals surface area (Å²) >= 11 is 0. The molecule has 294 valence electrons. The van der Waals surface area contributed by atoms with Crippen molar-refractivity contribution in [2.24, 2.45) is 0 Å². The second-order valence-electron chi connectivity index (χ2n) is 14.8. The van der Waals surface area contributed by atoms with Gasteiger partial charge < -0.3 is 24.1 Å². The molecular formula is C42H78O8. The summed E-state index contributed by atoms with van der Waals surface area (Å²) in [5, 5.41) is 9.00. The number of hydrogen-bond donors (Lipinski definition) is 1. The molecule has 0 saturated carbocycles. The van der Waals surface area contributed by atoms with Crippen LogP contribution in [0.1, 0.15) is 220 Å². The fourth-order valence-corrected chi connectivity index (χ4v) is 6.32. The van der Waals surface area contributed by atoms with E-state index >= 15 is 0 Å². The van der Waals surface area contributed by atoms with Crippen LogP contribution in [0, 0.1) is 0 Å². The second-order valence-corrected chi connectivity index (χ2v) is 14.8. The number of carbonyl (C=O) groups excluding carboxylic acids is 3. The molecule has 8 heteroatoms. The maximum Gasteiger partial charge on any atom is 0.305 e. The Labute approximate surface area is 306 Å². The fraction of sp³-hybridized carbons (Fsp3) is 0.905. The molecule has 0 spiro atoms. The van der Waals surface area contributed by atoms with Crippen LogP contribution in [0.25, 0.3) is 0 Å². The SMILES string of the molecule is CCCCCCCCCCCCCCCC(=O)OCC(COC(=O)CCCCCCCCCCCCCCC)OC(C)(C=O)CCCC(=O)O. The number of aliphatic carboxylic acids is 1. The minimum atomic E-state index is -1.27. The van der Waals surface area contributed by atoms with Gasteiger partial charge in [0.25, 0.3) is 0 Å². The molecule has 0 aromatic heterocycles. The zero-order valence-electron chi connectivity index (χ0n) is 32.8. The summed E-state index contributed by atoms with van der Waals surface area (Å²) in [6.07, 6.45) is 32.8. The zero-order chi connectivity index (χ0) is 37.0. The van der Waals surface area contributed by atoms with E-state index in [1.165, 1.54) is 128 Å². The van der Waals surface area contributed by atoms with E-state index in [1.54, 1.807) is 6.92 Å². The maximum atomic E-state index is 12.5. The predicted molar refractivity (Wildman–Crippen MR) is 203 cm³/mol. The molecule has 0 fully saturated rings. The van der Waals surface area contributed by atoms with Gasteiger partial charge in [-0.1, -0.05) is 168 Å². The van der Waals surface area contributed by atoms with Crippen molar-refractivity contribution in [3.05, 3.63) is 0 Å². The Balaban J connectivity index is 4.37. The highest BCUT2D eigenvalue weighted by Gasteiger charge is 2.30. The van der Waals surface area contributed by atoms with Gasteiger partial charge in [-0.2, -0.15) is 0 Å². The molecule has 0 saturated heterocycles. The predicted octanol–water partition coefficient (Wildman–Crippen LogP) is 11.6. The summed E-state index contributed by atoms with van der Waals surface area (Å²) in [5.74, 6) is -1.61. The Morgan fingerprint density at radius 2 is 0.840 bits per heavy atom. The molecule has 1 atom stereocenters. The summed E-state index contributed by atoms with van der Waals surface area (Å²) in [4.78, 5) is 47.9. The van der Waals surface area contributed by atoms with Gasteiger partial charge in [-0.15, -0.1) is 0 Å². The average Bonchev–Trinajstić information content (AvgIpc) is 3.09. The first kappa shape index (κ1) is 48.0. The number of rotatable bonds is 39. The van der Waals surface area contributed by atoms with Gasteiger partial charge >= 0.3 is 17.9 Å². The van der Waals surface area contributed by atoms with E-state index < -0.39 is 17.7 Å². The van der Waals surface area contributed by atoms with Crippen LogP contribution < -0.4 is 0 Å². The lowest BCUT2D eigenvalue weighted by Gasteiger charge is -2.29. The minimum absolute atomic E-state index is 0.0837. The Morgan fingerprint density at radius 1 is 0.520 bits per heavy atom. The van der Waals surface area contributed by atoms with E-state index in [9.17, 15) is 19.2 Å². The molecule has 50 heavy (non-hydrogen) atoms. The van der Waals surface area contributed by atoms with E-state index in [0.29, 0.717) is 19.1 Å². The minimum Gasteiger partial charge on any atom is -0.481 e. The lowest BCUT2D eigenvalue weighted by Crippen LogP contribution is -2.40. The van der Waals surface area contributed by atoms with Crippen LogP contribution in [0.5, 0.6) is 0 Å². The van der Waals surface area contributed by atoms with Gasteiger partial charge in [0, 0.05) is 19.3 Å². The summed E-state index contributed by atoms with van der Waals surface area (Å²) in [6, 6.07) is 0. The van der Waals surface area contributed by atoms with Crippen molar-refractivity contribution in [1.29, 1.82) is 0 Å². The van der Waals surface area contributed by atoms with Crippen molar-refractivity contribution >= 4 is 24.2 Å². The first-order valence-corrected chi connectivity index (χ1v) is 20.9. The molecule has 0 bridgehead atoms. The quantitative estimate of drug-likeness (QED) is 0.0381. The number of carboxylic acid groups (broad SMARTS) is 1. The first-order chi connectivity index (χ1) is 24.3. The average molecular weight is 711 g/mol. The fourth-order valence-electron chi connectivity index (χ4n) is 6.32. The van der Waals surface area contributed by atoms with E-state index in [1.807, 2.05) is 0 Å². The van der Waals surface area contributed by atoms with Crippen molar-refractivity contribution in [3.63, 3.8) is 0 Å². The highest BCUT2D eigenvalue weighted by molar-refractivity contribution is 5.70. The van der Waals surface area contributed by atoms with Crippen LogP contribution in [0.2, 0.25) is 0 Å². The van der Waals surface area contributed by atoms with E-state index in [0.717, 1.165) is 38.5 Å². The largest absolute Gasteiger partial charge is 0.481 e. The molecule has 0 aliphatic rings. The van der Waals surface area contributed by atoms with Gasteiger partial charge in [-0.3, -0.25) is 14.4 Å². The van der Waals surface area contributed by atoms with Crippen molar-refractivity contribution in [1.82, 2.24) is 0 Å². The first-order valence-electron chi connectivity index (χ1n) is 20.9. The molecule has 0 rings (SSSR count). The monoisotopic (exact) mass is 711 g/mol. The zero-order valence-corrected chi connectivity index (χ0v) is 32.8. The van der Waals surface area contributed by atoms with Crippen molar-refractivity contribution < 1.29 is 38.5 Å². The molecule has 1 N–H and O–H groups in total. The molecule has 1 unspecified atom stereocenters. The highest BCUT2D eigenvalue weighted by atomic mass is 16.6. The number of hydrogen-bond acceptors (Lipinski definition) is 7. The lowest BCUT2D eigenvalue weighted by atomic mass is 10.00. The summed E-state index contributed by atoms with van der Waals surface area (Å²) < 4.78 is 17.0. The third-order valence-corrected chi connectivity index (χ3v) is 9.58. The molecule has 0 aromatic rings. The number of aldehydes is 1. The van der Waals surface area contributed by atoms with Gasteiger partial charge in [-0.05, 0) is 32.6 Å². The van der Waals surface area contributed by atoms with E-state index in [-0.39, 0.29) is 44.4 Å². The molecule has 0 aliphatic carbocycles. The third kappa shape index (κ3) is 33.2. The topological polar surface area (TPSA) is 116 Å². The van der Waals surface area contributed by atoms with Crippen LogP contribution in [-0.2, 0) is 33.4 Å². The Hall–Kier alpha value is -1.96. The standard InChI is InChI=1S/C42H78O8/c1-4-6-8-10-12-14-16-18-20-22-24-26-28-32-40(46)48-35-38(50-42(3,37-43)34-30-31-39(44)45)36-49-41(47)33-29-27-25-23-21-19-17-15-13-11-9-7-5-2/h37-38H,4-36H2,1-3H3,(H,44,45). The molecule has 8 nitrogen and oxygen atoms in total. The number of esters is 2. The van der Waals surface area contributed by atoms with Crippen LogP contribution in [0.4, 0.5) is 0 Å². The van der Waals surface area contributed by atoms with Crippen LogP contribution in [0.3, 0.4) is 0 Å². The van der Waals surface area contributed by atoms with Crippen molar-refractivity contribution in [2.45, 2.75) is 232 Å². The Morgan fingerprint density at radius 3 is 1.14 bits per heavy atom. The summed E-state index contributed by atoms with van der Waals surface area (Å²) in [7, 11) is 0. The van der Waals surface area contributed by atoms with E-state index in [4.69, 9.17) is 19.3 Å². The molecule has 0 heterocycles. The van der Waals surface area contributed by atoms with Gasteiger partial charge in [0.2, 0.25) is 0 Å². The van der Waals surface area contributed by atoms with Crippen molar-refractivity contribution in [2.75, 3.05) is 13.2 Å². The number of ether oxygens (including phenoxy) is 3. The highest BCUT2D eigenvalue weighted by Crippen LogP contribution is 2.20. The normalized spacial score (nSPS) is 12.6. The molecule has 0 radical (unpaired) electrons. The second kappa shape index (κ2) is 35.4. The maximum absolute atomic E-state index is 12.5. The number of unbranched alkanes of at least 4 members (excludes halogenated alkanes) is 24. The Bertz CT molecular complexity index is 770. The van der Waals surface area contributed by atoms with Gasteiger partial charge in [0.1, 0.15) is 24.9 Å². The van der Waals surface area contributed by atoms with Crippen LogP contribution in [-0.4, -0.2) is 54.2 Å². The van der Waals surface area contributed by atoms with E-state index in [2.05, 4.69) is 13.8 Å². The number of carbonyl (C=O) groups is 4. The number of carboxylic acids is 1. The lowest BCUT2D eigenvalue weighted by molar-refractivity contribution is -0.169. The summed E-state index contributed by atoms with van der Waals surface area (Å²) in [6.45, 7) is 5.81. The summed E-state index contributed by atoms with van der Waals surface area (Å²) in [5.41, 5.74) is -1.27. The van der Waals surface area contributed by atoms with Crippen LogP contribution >= 0.6 is 0 Å². The van der Waals surface area contributed by atoms with Gasteiger partial charge in [-0.25, -0.2) is 0 Å². The van der Waals surface area contributed by atoms with Crippen LogP contribution in [0.15, 0.2) is 0 Å². The third-order valence-electron chi connectivity index (χ3n) is 9.58. The smallest absolute Gasteiger partial charge is 0.305 e. The molecule has 0 amide bonds. The molecule has 0 aliphatic heterocycles.